The average Bonchev–Trinajstić information content (AvgIpc) is 1.64. The number of hydrogen-bond acceptors (Lipinski definition) is 0. The van der Waals surface area contributed by atoms with Crippen LogP contribution >= 0.6 is 0 Å². The van der Waals surface area contributed by atoms with Crippen LogP contribution < -0.4 is 5.46 Å². The van der Waals surface area contributed by atoms with Gasteiger partial charge in [0.1, 0.15) is 7.85 Å². The lowest BCUT2D eigenvalue weighted by Gasteiger charge is -1.91. The number of rotatable bonds is 0. The van der Waals surface area contributed by atoms with Crippen LogP contribution in [0.3, 0.4) is 0 Å². The molecule has 1 rings (SSSR count). The van der Waals surface area contributed by atoms with E-state index in [-0.39, 0.29) is 11.0 Å². The molecular weight excluding hydrogens is 127 g/mol. The van der Waals surface area contributed by atoms with E-state index in [4.69, 9.17) is 7.85 Å². The summed E-state index contributed by atoms with van der Waals surface area (Å²) in [6.45, 7) is 2.02. The fraction of sp³-hybridized carbons (Fsp3) is 0.143. The maximum absolute atomic E-state index is 5.46. The SMILES string of the molecule is O.O.[B]c1cccc(C)c1. The van der Waals surface area contributed by atoms with Crippen LogP contribution in [0.5, 0.6) is 0 Å². The second-order valence-electron chi connectivity index (χ2n) is 1.91. The topological polar surface area (TPSA) is 63.0 Å². The van der Waals surface area contributed by atoms with Gasteiger partial charge >= 0.3 is 0 Å². The summed E-state index contributed by atoms with van der Waals surface area (Å²) in [5, 5.41) is 0. The zero-order chi connectivity index (χ0) is 5.98. The van der Waals surface area contributed by atoms with Gasteiger partial charge in [0.05, 0.1) is 0 Å². The summed E-state index contributed by atoms with van der Waals surface area (Å²) >= 11 is 0. The summed E-state index contributed by atoms with van der Waals surface area (Å²) in [5.41, 5.74) is 2.05. The molecule has 10 heavy (non-hydrogen) atoms. The van der Waals surface area contributed by atoms with E-state index in [1.807, 2.05) is 31.2 Å². The Labute approximate surface area is 61.9 Å². The average molecular weight is 138 g/mol. The van der Waals surface area contributed by atoms with Crippen LogP contribution in [0.2, 0.25) is 0 Å². The molecule has 0 heterocycles. The number of hydrogen-bond donors (Lipinski definition) is 0. The third kappa shape index (κ3) is 3.27. The van der Waals surface area contributed by atoms with Gasteiger partial charge in [-0.2, -0.15) is 0 Å². The third-order valence-corrected chi connectivity index (χ3v) is 1.04. The maximum Gasteiger partial charge on any atom is 0.113 e. The van der Waals surface area contributed by atoms with E-state index in [0.29, 0.717) is 0 Å². The number of benzene rings is 1. The quantitative estimate of drug-likeness (QED) is 0.418. The first-order chi connectivity index (χ1) is 3.79. The van der Waals surface area contributed by atoms with Crippen molar-refractivity contribution in [3.05, 3.63) is 29.8 Å². The molecule has 0 aromatic heterocycles. The van der Waals surface area contributed by atoms with Crippen LogP contribution in [-0.2, 0) is 0 Å². The van der Waals surface area contributed by atoms with Gasteiger partial charge in [0.2, 0.25) is 0 Å². The van der Waals surface area contributed by atoms with Crippen LogP contribution in [0.25, 0.3) is 0 Å². The van der Waals surface area contributed by atoms with E-state index < -0.39 is 0 Å². The standard InChI is InChI=1S/C7H7B.2H2O/c1-6-3-2-4-7(8)5-6;;/h2-5H,1H3;2*1H2. The van der Waals surface area contributed by atoms with Crippen molar-refractivity contribution in [3.8, 4) is 0 Å². The van der Waals surface area contributed by atoms with Crippen molar-refractivity contribution in [3.63, 3.8) is 0 Å². The molecule has 0 bridgehead atoms. The zero-order valence-electron chi connectivity index (χ0n) is 5.89. The van der Waals surface area contributed by atoms with Crippen LogP contribution in [0.4, 0.5) is 0 Å². The van der Waals surface area contributed by atoms with Gasteiger partial charge in [-0.1, -0.05) is 35.3 Å². The molecule has 54 valence electrons. The fourth-order valence-corrected chi connectivity index (χ4v) is 0.670. The summed E-state index contributed by atoms with van der Waals surface area (Å²) in [7, 11) is 5.46. The minimum Gasteiger partial charge on any atom is -0.412 e. The van der Waals surface area contributed by atoms with E-state index in [9.17, 15) is 0 Å². The number of aryl methyl sites for hydroxylation is 1. The summed E-state index contributed by atoms with van der Waals surface area (Å²) < 4.78 is 0. The predicted octanol–water partition coefficient (Wildman–Crippen LogP) is -0.861. The fourth-order valence-electron chi connectivity index (χ4n) is 0.670. The molecule has 0 unspecified atom stereocenters. The summed E-state index contributed by atoms with van der Waals surface area (Å²) in [6.07, 6.45) is 0. The minimum absolute atomic E-state index is 0. The Morgan fingerprint density at radius 2 is 1.80 bits per heavy atom. The van der Waals surface area contributed by atoms with Gasteiger partial charge in [-0.25, -0.2) is 0 Å². The molecule has 0 aliphatic heterocycles. The second kappa shape index (κ2) is 5.03. The zero-order valence-corrected chi connectivity index (χ0v) is 5.89. The van der Waals surface area contributed by atoms with Gasteiger partial charge in [-0.15, -0.1) is 0 Å². The smallest absolute Gasteiger partial charge is 0.113 e. The van der Waals surface area contributed by atoms with Crippen LogP contribution in [0.1, 0.15) is 5.56 Å². The summed E-state index contributed by atoms with van der Waals surface area (Å²) in [6, 6.07) is 7.80. The van der Waals surface area contributed by atoms with Gasteiger partial charge < -0.3 is 11.0 Å². The van der Waals surface area contributed by atoms with Crippen molar-refractivity contribution < 1.29 is 11.0 Å². The van der Waals surface area contributed by atoms with Crippen molar-refractivity contribution in [2.75, 3.05) is 0 Å². The first kappa shape index (κ1) is 11.9. The Bertz CT molecular complexity index is 171. The van der Waals surface area contributed by atoms with Crippen molar-refractivity contribution in [2.24, 2.45) is 0 Å². The molecule has 0 amide bonds. The predicted molar refractivity (Wildman–Crippen MR) is 43.8 cm³/mol. The molecule has 0 atom stereocenters. The first-order valence-electron chi connectivity index (χ1n) is 2.61. The molecule has 1 aromatic rings. The highest BCUT2D eigenvalue weighted by Crippen LogP contribution is 1.89. The van der Waals surface area contributed by atoms with E-state index in [0.717, 1.165) is 5.46 Å². The van der Waals surface area contributed by atoms with E-state index >= 15 is 0 Å². The van der Waals surface area contributed by atoms with E-state index in [1.165, 1.54) is 5.56 Å². The van der Waals surface area contributed by atoms with Gasteiger partial charge in [-0.05, 0) is 6.92 Å². The van der Waals surface area contributed by atoms with Crippen molar-refractivity contribution >= 4 is 13.3 Å². The normalized spacial score (nSPS) is 7.30. The highest BCUT2D eigenvalue weighted by atomic mass is 16.0. The molecule has 0 saturated heterocycles. The van der Waals surface area contributed by atoms with Crippen molar-refractivity contribution in [1.82, 2.24) is 0 Å². The first-order valence-corrected chi connectivity index (χ1v) is 2.61. The summed E-state index contributed by atoms with van der Waals surface area (Å²) in [5.74, 6) is 0. The molecule has 0 spiro atoms. The monoisotopic (exact) mass is 138 g/mol. The van der Waals surface area contributed by atoms with Crippen molar-refractivity contribution in [2.45, 2.75) is 6.92 Å². The Hall–Kier alpha value is -0.795. The van der Waals surface area contributed by atoms with Crippen LogP contribution in [0, 0.1) is 6.92 Å². The third-order valence-electron chi connectivity index (χ3n) is 1.04. The minimum atomic E-state index is 0. The van der Waals surface area contributed by atoms with E-state index in [1.54, 1.807) is 0 Å². The van der Waals surface area contributed by atoms with Gasteiger partial charge in [0.25, 0.3) is 0 Å². The lowest BCUT2D eigenvalue weighted by atomic mass is 9.95. The highest BCUT2D eigenvalue weighted by Gasteiger charge is 1.80. The second-order valence-corrected chi connectivity index (χ2v) is 1.91. The Morgan fingerprint density at radius 3 is 2.10 bits per heavy atom. The van der Waals surface area contributed by atoms with Gasteiger partial charge in [0, 0.05) is 0 Å². The highest BCUT2D eigenvalue weighted by molar-refractivity contribution is 6.32. The van der Waals surface area contributed by atoms with Gasteiger partial charge in [-0.3, -0.25) is 0 Å². The molecule has 0 saturated carbocycles. The Balaban J connectivity index is 0. The van der Waals surface area contributed by atoms with Crippen LogP contribution in [-0.4, -0.2) is 18.8 Å². The van der Waals surface area contributed by atoms with Crippen LogP contribution in [0.15, 0.2) is 24.3 Å². The molecule has 2 nitrogen and oxygen atoms in total. The molecule has 0 aliphatic carbocycles. The molecule has 0 fully saturated rings. The molecular formula is C7H11BO2. The Kier molecular flexibility index (Phi) is 6.00. The molecule has 1 aromatic carbocycles. The lowest BCUT2D eigenvalue weighted by molar-refractivity contribution is 0.823. The lowest BCUT2D eigenvalue weighted by Crippen LogP contribution is -1.99. The molecule has 2 radical (unpaired) electrons. The van der Waals surface area contributed by atoms with E-state index in [2.05, 4.69) is 0 Å². The van der Waals surface area contributed by atoms with Gasteiger partial charge in [0.15, 0.2) is 0 Å². The summed E-state index contributed by atoms with van der Waals surface area (Å²) in [4.78, 5) is 0. The molecule has 0 aliphatic rings. The van der Waals surface area contributed by atoms with Crippen molar-refractivity contribution in [1.29, 1.82) is 0 Å². The largest absolute Gasteiger partial charge is 0.412 e. The molecule has 4 N–H and O–H groups in total. The molecule has 3 heteroatoms. The Morgan fingerprint density at radius 1 is 1.20 bits per heavy atom. The maximum atomic E-state index is 5.46.